The molecule has 2 heterocycles. The number of para-hydroxylation sites is 1. The standard InChI is InChI=1S/C22H25ClN4OS/c23-17-8-10-18(11-9-17)27-15-13-26(14-16-27)12-4-3-7-21(28)25-22-24-19-5-1-2-6-20(19)29-22/h1-2,5-6,8-11H,3-4,7,12-16H2,(H,24,25,28). The summed E-state index contributed by atoms with van der Waals surface area (Å²) in [5, 5.41) is 4.40. The highest BCUT2D eigenvalue weighted by atomic mass is 35.5. The Balaban J connectivity index is 1.14. The number of rotatable bonds is 7. The number of thiazole rings is 1. The van der Waals surface area contributed by atoms with Crippen LogP contribution in [0.15, 0.2) is 48.5 Å². The molecule has 0 bridgehead atoms. The van der Waals surface area contributed by atoms with Gasteiger partial charge in [-0.15, -0.1) is 0 Å². The van der Waals surface area contributed by atoms with Crippen LogP contribution < -0.4 is 10.2 Å². The molecule has 3 aromatic rings. The summed E-state index contributed by atoms with van der Waals surface area (Å²) < 4.78 is 1.10. The fraction of sp³-hybridized carbons (Fsp3) is 0.364. The van der Waals surface area contributed by atoms with Crippen molar-refractivity contribution in [2.45, 2.75) is 19.3 Å². The van der Waals surface area contributed by atoms with Gasteiger partial charge in [0, 0.05) is 43.3 Å². The van der Waals surface area contributed by atoms with Crippen LogP contribution in [0.2, 0.25) is 5.02 Å². The first-order valence-electron chi connectivity index (χ1n) is 10.1. The number of anilines is 2. The molecule has 29 heavy (non-hydrogen) atoms. The molecule has 1 saturated heterocycles. The minimum absolute atomic E-state index is 0.0524. The first kappa shape index (κ1) is 20.1. The molecule has 4 rings (SSSR count). The number of amides is 1. The molecule has 0 atom stereocenters. The van der Waals surface area contributed by atoms with E-state index in [4.69, 9.17) is 11.6 Å². The van der Waals surface area contributed by atoms with E-state index in [0.717, 1.165) is 60.8 Å². The average Bonchev–Trinajstić information content (AvgIpc) is 3.14. The van der Waals surface area contributed by atoms with Gasteiger partial charge in [-0.1, -0.05) is 35.1 Å². The molecular formula is C22H25ClN4OS. The number of benzene rings is 2. The van der Waals surface area contributed by atoms with E-state index in [9.17, 15) is 4.79 Å². The average molecular weight is 429 g/mol. The number of halogens is 1. The van der Waals surface area contributed by atoms with E-state index in [1.54, 1.807) is 0 Å². The SMILES string of the molecule is O=C(CCCCN1CCN(c2ccc(Cl)cc2)CC1)Nc1nc2ccccc2s1. The lowest BCUT2D eigenvalue weighted by atomic mass is 10.2. The van der Waals surface area contributed by atoms with Gasteiger partial charge in [-0.05, 0) is 55.8 Å². The third-order valence-corrected chi connectivity index (χ3v) is 6.44. The van der Waals surface area contributed by atoms with Gasteiger partial charge in [0.25, 0.3) is 0 Å². The van der Waals surface area contributed by atoms with Crippen LogP contribution in [0.25, 0.3) is 10.2 Å². The normalized spacial score (nSPS) is 15.0. The van der Waals surface area contributed by atoms with E-state index >= 15 is 0 Å². The second-order valence-corrected chi connectivity index (χ2v) is 8.76. The molecule has 2 aromatic carbocycles. The van der Waals surface area contributed by atoms with Crippen LogP contribution in [-0.2, 0) is 4.79 Å². The number of carbonyl (C=O) groups is 1. The zero-order chi connectivity index (χ0) is 20.1. The van der Waals surface area contributed by atoms with Gasteiger partial charge in [0.05, 0.1) is 10.2 Å². The molecule has 1 fully saturated rings. The topological polar surface area (TPSA) is 48.5 Å². The predicted molar refractivity (Wildman–Crippen MR) is 122 cm³/mol. The maximum absolute atomic E-state index is 12.2. The Morgan fingerprint density at radius 2 is 1.79 bits per heavy atom. The molecule has 0 unspecified atom stereocenters. The van der Waals surface area contributed by atoms with Gasteiger partial charge < -0.3 is 10.2 Å². The van der Waals surface area contributed by atoms with Crippen molar-refractivity contribution in [3.8, 4) is 0 Å². The lowest BCUT2D eigenvalue weighted by molar-refractivity contribution is -0.116. The van der Waals surface area contributed by atoms with Crippen LogP contribution in [-0.4, -0.2) is 48.5 Å². The molecule has 1 amide bonds. The van der Waals surface area contributed by atoms with E-state index in [-0.39, 0.29) is 5.91 Å². The summed E-state index contributed by atoms with van der Waals surface area (Å²) >= 11 is 7.50. The number of carbonyl (C=O) groups excluding carboxylic acids is 1. The summed E-state index contributed by atoms with van der Waals surface area (Å²) in [6, 6.07) is 16.0. The quantitative estimate of drug-likeness (QED) is 0.545. The van der Waals surface area contributed by atoms with E-state index in [0.29, 0.717) is 11.6 Å². The smallest absolute Gasteiger partial charge is 0.226 e. The van der Waals surface area contributed by atoms with Crippen LogP contribution in [0.4, 0.5) is 10.8 Å². The Morgan fingerprint density at radius 1 is 1.03 bits per heavy atom. The number of unbranched alkanes of at least 4 members (excludes halogenated alkanes) is 1. The molecule has 0 aliphatic carbocycles. The third kappa shape index (κ3) is 5.47. The van der Waals surface area contributed by atoms with Gasteiger partial charge in [0.15, 0.2) is 5.13 Å². The highest BCUT2D eigenvalue weighted by molar-refractivity contribution is 7.22. The second-order valence-electron chi connectivity index (χ2n) is 7.30. The lowest BCUT2D eigenvalue weighted by Gasteiger charge is -2.36. The van der Waals surface area contributed by atoms with Crippen LogP contribution in [0.1, 0.15) is 19.3 Å². The third-order valence-electron chi connectivity index (χ3n) is 5.23. The number of aromatic nitrogens is 1. The number of hydrogen-bond donors (Lipinski definition) is 1. The Hall–Kier alpha value is -2.15. The highest BCUT2D eigenvalue weighted by Gasteiger charge is 2.17. The molecule has 1 aliphatic rings. The first-order chi connectivity index (χ1) is 14.2. The van der Waals surface area contributed by atoms with Crippen LogP contribution in [0.3, 0.4) is 0 Å². The molecule has 1 aliphatic heterocycles. The van der Waals surface area contributed by atoms with Crippen molar-refractivity contribution in [1.82, 2.24) is 9.88 Å². The van der Waals surface area contributed by atoms with Gasteiger partial charge in [-0.25, -0.2) is 4.98 Å². The number of nitrogens with one attached hydrogen (secondary N) is 1. The summed E-state index contributed by atoms with van der Waals surface area (Å²) in [6.45, 7) is 5.21. The molecule has 0 spiro atoms. The molecule has 0 saturated carbocycles. The van der Waals surface area contributed by atoms with E-state index < -0.39 is 0 Å². The fourth-order valence-corrected chi connectivity index (χ4v) is 4.62. The molecule has 1 N–H and O–H groups in total. The Bertz CT molecular complexity index is 918. The largest absolute Gasteiger partial charge is 0.369 e. The monoisotopic (exact) mass is 428 g/mol. The summed E-state index contributed by atoms with van der Waals surface area (Å²) in [4.78, 5) is 21.5. The molecule has 7 heteroatoms. The fourth-order valence-electron chi connectivity index (χ4n) is 3.61. The van der Waals surface area contributed by atoms with Gasteiger partial charge in [-0.2, -0.15) is 0 Å². The number of nitrogens with zero attached hydrogens (tertiary/aromatic N) is 3. The van der Waals surface area contributed by atoms with Crippen molar-refractivity contribution >= 4 is 49.9 Å². The minimum atomic E-state index is 0.0524. The maximum atomic E-state index is 12.2. The van der Waals surface area contributed by atoms with Crippen molar-refractivity contribution in [2.75, 3.05) is 42.9 Å². The number of piperazine rings is 1. The zero-order valence-electron chi connectivity index (χ0n) is 16.3. The van der Waals surface area contributed by atoms with E-state index in [1.165, 1.54) is 17.0 Å². The summed E-state index contributed by atoms with van der Waals surface area (Å²) in [5.41, 5.74) is 2.17. The Morgan fingerprint density at radius 3 is 2.55 bits per heavy atom. The minimum Gasteiger partial charge on any atom is -0.369 e. The first-order valence-corrected chi connectivity index (χ1v) is 11.3. The zero-order valence-corrected chi connectivity index (χ0v) is 17.9. The van der Waals surface area contributed by atoms with Gasteiger partial charge in [0.1, 0.15) is 0 Å². The Labute approximate surface area is 180 Å². The molecular weight excluding hydrogens is 404 g/mol. The second kappa shape index (κ2) is 9.57. The van der Waals surface area contributed by atoms with Gasteiger partial charge in [0.2, 0.25) is 5.91 Å². The molecule has 0 radical (unpaired) electrons. The van der Waals surface area contributed by atoms with Crippen LogP contribution in [0.5, 0.6) is 0 Å². The Kier molecular flexibility index (Phi) is 6.64. The van der Waals surface area contributed by atoms with Gasteiger partial charge >= 0.3 is 0 Å². The lowest BCUT2D eigenvalue weighted by Crippen LogP contribution is -2.46. The number of hydrogen-bond acceptors (Lipinski definition) is 5. The van der Waals surface area contributed by atoms with Crippen molar-refractivity contribution < 1.29 is 4.79 Å². The molecule has 152 valence electrons. The van der Waals surface area contributed by atoms with Crippen LogP contribution >= 0.6 is 22.9 Å². The van der Waals surface area contributed by atoms with Crippen molar-refractivity contribution in [3.63, 3.8) is 0 Å². The van der Waals surface area contributed by atoms with Crippen LogP contribution in [0, 0.1) is 0 Å². The maximum Gasteiger partial charge on any atom is 0.226 e. The van der Waals surface area contributed by atoms with Crippen molar-refractivity contribution in [2.24, 2.45) is 0 Å². The molecule has 5 nitrogen and oxygen atoms in total. The van der Waals surface area contributed by atoms with E-state index in [1.807, 2.05) is 36.4 Å². The van der Waals surface area contributed by atoms with Crippen molar-refractivity contribution in [1.29, 1.82) is 0 Å². The summed E-state index contributed by atoms with van der Waals surface area (Å²) in [5.74, 6) is 0.0524. The summed E-state index contributed by atoms with van der Waals surface area (Å²) in [7, 11) is 0. The highest BCUT2D eigenvalue weighted by Crippen LogP contribution is 2.25. The molecule has 1 aromatic heterocycles. The number of fused-ring (bicyclic) bond motifs is 1. The van der Waals surface area contributed by atoms with Gasteiger partial charge in [-0.3, -0.25) is 9.69 Å². The predicted octanol–water partition coefficient (Wildman–Crippen LogP) is 4.88. The van der Waals surface area contributed by atoms with E-state index in [2.05, 4.69) is 32.2 Å². The van der Waals surface area contributed by atoms with Crippen molar-refractivity contribution in [3.05, 3.63) is 53.6 Å². The summed E-state index contributed by atoms with van der Waals surface area (Å²) in [6.07, 6.45) is 2.48.